The average molecular weight is 528 g/mol. The minimum Gasteiger partial charge on any atom is -0.478 e. The minimum absolute atomic E-state index is 0.146. The lowest BCUT2D eigenvalue weighted by atomic mass is 9.97. The summed E-state index contributed by atoms with van der Waals surface area (Å²) in [6.07, 6.45) is -1.14. The van der Waals surface area contributed by atoms with Crippen molar-refractivity contribution < 1.29 is 32.6 Å². The second kappa shape index (κ2) is 10.1. The zero-order chi connectivity index (χ0) is 27.8. The van der Waals surface area contributed by atoms with Gasteiger partial charge in [-0.15, -0.1) is 0 Å². The largest absolute Gasteiger partial charge is 0.478 e. The number of rotatable bonds is 8. The second-order valence-electron chi connectivity index (χ2n) is 10.00. The number of carbonyl (C=O) groups is 2. The van der Waals surface area contributed by atoms with Crippen LogP contribution in [-0.4, -0.2) is 32.6 Å². The van der Waals surface area contributed by atoms with Crippen LogP contribution in [0.25, 0.3) is 11.4 Å². The highest BCUT2D eigenvalue weighted by molar-refractivity contribution is 5.96. The van der Waals surface area contributed by atoms with Crippen LogP contribution >= 0.6 is 0 Å². The standard InChI is InChI=1S/C28H28F3N3O4/c1-15-13-19(9-12-22(15)38-27(3,4)26(36)37)16(2)25(35)33-21-14-32-24(34-23(21)17-5-6-17)18-7-10-20(11-8-18)28(29,30)31/h7-14,16-17H,5-6H2,1-4H3,(H,33,35)(H,36,37). The third kappa shape index (κ3) is 5.95. The van der Waals surface area contributed by atoms with E-state index in [1.54, 1.807) is 32.0 Å². The maximum Gasteiger partial charge on any atom is 0.416 e. The van der Waals surface area contributed by atoms with E-state index >= 15 is 0 Å². The Morgan fingerprint density at radius 1 is 1.11 bits per heavy atom. The Kier molecular flexibility index (Phi) is 7.18. The van der Waals surface area contributed by atoms with Gasteiger partial charge in [0.05, 0.1) is 29.1 Å². The molecule has 0 spiro atoms. The van der Waals surface area contributed by atoms with Crippen molar-refractivity contribution in [3.05, 3.63) is 71.0 Å². The number of carboxylic acid groups (broad SMARTS) is 1. The normalized spacial score (nSPS) is 14.6. The summed E-state index contributed by atoms with van der Waals surface area (Å²) in [4.78, 5) is 33.4. The van der Waals surface area contributed by atoms with Gasteiger partial charge in [-0.2, -0.15) is 13.2 Å². The van der Waals surface area contributed by atoms with Crippen LogP contribution in [0.2, 0.25) is 0 Å². The van der Waals surface area contributed by atoms with Crippen molar-refractivity contribution >= 4 is 17.6 Å². The first kappa shape index (κ1) is 27.1. The van der Waals surface area contributed by atoms with Crippen molar-refractivity contribution in [2.75, 3.05) is 5.32 Å². The number of carboxylic acids is 1. The Balaban J connectivity index is 1.52. The number of ether oxygens (including phenoxy) is 1. The number of nitrogens with zero attached hydrogens (tertiary/aromatic N) is 2. The molecular weight excluding hydrogens is 499 g/mol. The molecule has 1 aromatic heterocycles. The molecule has 2 N–H and O–H groups in total. The predicted molar refractivity (Wildman–Crippen MR) is 135 cm³/mol. The van der Waals surface area contributed by atoms with Crippen molar-refractivity contribution in [3.63, 3.8) is 0 Å². The molecule has 1 unspecified atom stereocenters. The molecule has 1 fully saturated rings. The van der Waals surface area contributed by atoms with E-state index in [0.29, 0.717) is 34.1 Å². The molecule has 0 aliphatic heterocycles. The number of aliphatic carboxylic acids is 1. The monoisotopic (exact) mass is 527 g/mol. The maximum absolute atomic E-state index is 13.1. The summed E-state index contributed by atoms with van der Waals surface area (Å²) in [6, 6.07) is 9.81. The fraction of sp³-hybridized carbons (Fsp3) is 0.357. The molecule has 0 saturated heterocycles. The third-order valence-electron chi connectivity index (χ3n) is 6.48. The summed E-state index contributed by atoms with van der Waals surface area (Å²) in [5.41, 5.74) is 0.847. The minimum atomic E-state index is -4.43. The first-order valence-electron chi connectivity index (χ1n) is 12.1. The number of aryl methyl sites for hydroxylation is 1. The van der Waals surface area contributed by atoms with Crippen molar-refractivity contribution in [2.45, 2.75) is 64.1 Å². The van der Waals surface area contributed by atoms with E-state index in [1.807, 2.05) is 0 Å². The molecule has 0 bridgehead atoms. The summed E-state index contributed by atoms with van der Waals surface area (Å²) < 4.78 is 44.3. The molecular formula is C28H28F3N3O4. The lowest BCUT2D eigenvalue weighted by Gasteiger charge is -2.23. The molecule has 0 radical (unpaired) electrons. The number of nitrogens with one attached hydrogen (secondary N) is 1. The van der Waals surface area contributed by atoms with Crippen LogP contribution < -0.4 is 10.1 Å². The van der Waals surface area contributed by atoms with E-state index in [2.05, 4.69) is 15.3 Å². The number of carbonyl (C=O) groups excluding carboxylic acids is 1. The van der Waals surface area contributed by atoms with Crippen LogP contribution in [-0.2, 0) is 15.8 Å². The fourth-order valence-electron chi connectivity index (χ4n) is 3.87. The topological polar surface area (TPSA) is 101 Å². The molecule has 1 atom stereocenters. The van der Waals surface area contributed by atoms with Crippen molar-refractivity contribution in [3.8, 4) is 17.1 Å². The highest BCUT2D eigenvalue weighted by Crippen LogP contribution is 2.43. The van der Waals surface area contributed by atoms with Gasteiger partial charge in [0, 0.05) is 11.5 Å². The summed E-state index contributed by atoms with van der Waals surface area (Å²) in [7, 11) is 0. The van der Waals surface area contributed by atoms with Crippen LogP contribution in [0.1, 0.15) is 67.8 Å². The summed E-state index contributed by atoms with van der Waals surface area (Å²) >= 11 is 0. The predicted octanol–water partition coefficient (Wildman–Crippen LogP) is 6.33. The Hall–Kier alpha value is -3.95. The quantitative estimate of drug-likeness (QED) is 0.355. The summed E-state index contributed by atoms with van der Waals surface area (Å²) in [6.45, 7) is 6.45. The zero-order valence-electron chi connectivity index (χ0n) is 21.4. The molecule has 7 nitrogen and oxygen atoms in total. The fourth-order valence-corrected chi connectivity index (χ4v) is 3.87. The molecule has 1 heterocycles. The molecule has 38 heavy (non-hydrogen) atoms. The molecule has 2 aromatic carbocycles. The lowest BCUT2D eigenvalue weighted by molar-refractivity contribution is -0.152. The number of alkyl halides is 3. The molecule has 4 rings (SSSR count). The molecule has 200 valence electrons. The number of aromatic nitrogens is 2. The number of benzene rings is 2. The number of amides is 1. The van der Waals surface area contributed by atoms with Crippen LogP contribution in [0.5, 0.6) is 5.75 Å². The number of hydrogen-bond donors (Lipinski definition) is 2. The van der Waals surface area contributed by atoms with E-state index in [4.69, 9.17) is 4.74 Å². The van der Waals surface area contributed by atoms with Gasteiger partial charge in [0.25, 0.3) is 0 Å². The van der Waals surface area contributed by atoms with Gasteiger partial charge >= 0.3 is 12.1 Å². The third-order valence-corrected chi connectivity index (χ3v) is 6.48. The number of halogens is 3. The van der Waals surface area contributed by atoms with Crippen LogP contribution in [0, 0.1) is 6.92 Å². The molecule has 1 aliphatic carbocycles. The van der Waals surface area contributed by atoms with Crippen molar-refractivity contribution in [1.82, 2.24) is 9.97 Å². The van der Waals surface area contributed by atoms with Gasteiger partial charge in [-0.3, -0.25) is 4.79 Å². The van der Waals surface area contributed by atoms with Gasteiger partial charge in [0.2, 0.25) is 5.91 Å². The first-order chi connectivity index (χ1) is 17.8. The van der Waals surface area contributed by atoms with Crippen LogP contribution in [0.4, 0.5) is 18.9 Å². The Bertz CT molecular complexity index is 1370. The smallest absolute Gasteiger partial charge is 0.416 e. The molecule has 1 saturated carbocycles. The van der Waals surface area contributed by atoms with E-state index in [9.17, 15) is 27.9 Å². The maximum atomic E-state index is 13.1. The molecule has 1 amide bonds. The van der Waals surface area contributed by atoms with Gasteiger partial charge in [0.1, 0.15) is 5.75 Å². The summed E-state index contributed by atoms with van der Waals surface area (Å²) in [5, 5.41) is 12.2. The highest BCUT2D eigenvalue weighted by atomic mass is 19.4. The van der Waals surface area contributed by atoms with E-state index in [1.165, 1.54) is 32.2 Å². The van der Waals surface area contributed by atoms with Crippen molar-refractivity contribution in [2.24, 2.45) is 0 Å². The molecule has 1 aliphatic rings. The lowest BCUT2D eigenvalue weighted by Crippen LogP contribution is -2.38. The van der Waals surface area contributed by atoms with Gasteiger partial charge in [0.15, 0.2) is 11.4 Å². The van der Waals surface area contributed by atoms with E-state index in [-0.39, 0.29) is 11.8 Å². The summed E-state index contributed by atoms with van der Waals surface area (Å²) in [5.74, 6) is -1.06. The van der Waals surface area contributed by atoms with E-state index in [0.717, 1.165) is 30.5 Å². The SMILES string of the molecule is Cc1cc(C(C)C(=O)Nc2cnc(-c3ccc(C(F)(F)F)cc3)nc2C2CC2)ccc1OC(C)(C)C(=O)O. The number of hydrogen-bond acceptors (Lipinski definition) is 5. The molecule has 3 aromatic rings. The Labute approximate surface area is 218 Å². The Morgan fingerprint density at radius 2 is 1.76 bits per heavy atom. The highest BCUT2D eigenvalue weighted by Gasteiger charge is 2.32. The second-order valence-corrected chi connectivity index (χ2v) is 10.00. The van der Waals surface area contributed by atoms with Crippen molar-refractivity contribution in [1.29, 1.82) is 0 Å². The molecule has 10 heteroatoms. The van der Waals surface area contributed by atoms with Gasteiger partial charge < -0.3 is 15.2 Å². The zero-order valence-corrected chi connectivity index (χ0v) is 21.4. The first-order valence-corrected chi connectivity index (χ1v) is 12.1. The Morgan fingerprint density at radius 3 is 2.32 bits per heavy atom. The van der Waals surface area contributed by atoms with Gasteiger partial charge in [-0.25, -0.2) is 14.8 Å². The van der Waals surface area contributed by atoms with Gasteiger partial charge in [-0.1, -0.05) is 24.3 Å². The number of anilines is 1. The van der Waals surface area contributed by atoms with Gasteiger partial charge in [-0.05, 0) is 69.9 Å². The van der Waals surface area contributed by atoms with Crippen LogP contribution in [0.15, 0.2) is 48.7 Å². The average Bonchev–Trinajstić information content (AvgIpc) is 3.70. The van der Waals surface area contributed by atoms with Crippen LogP contribution in [0.3, 0.4) is 0 Å². The van der Waals surface area contributed by atoms with E-state index < -0.39 is 29.2 Å².